The van der Waals surface area contributed by atoms with Crippen LogP contribution in [0.15, 0.2) is 34.0 Å². The molecule has 3 N–H and O–H groups in total. The summed E-state index contributed by atoms with van der Waals surface area (Å²) in [5.74, 6) is -1.08. The van der Waals surface area contributed by atoms with Gasteiger partial charge in [-0.3, -0.25) is 10.3 Å². The highest BCUT2D eigenvalue weighted by atomic mass is 32.2. The summed E-state index contributed by atoms with van der Waals surface area (Å²) in [5.41, 5.74) is -1.00. The zero-order chi connectivity index (χ0) is 18.6. The van der Waals surface area contributed by atoms with Crippen LogP contribution < -0.4 is 15.7 Å². The Hall–Kier alpha value is -3.28. The first kappa shape index (κ1) is 18.1. The summed E-state index contributed by atoms with van der Waals surface area (Å²) in [7, 11) is -3.29. The molecule has 1 aromatic carbocycles. The zero-order valence-electron chi connectivity index (χ0n) is 13.1. The molecule has 11 nitrogen and oxygen atoms in total. The lowest BCUT2D eigenvalue weighted by Crippen LogP contribution is -2.36. The lowest BCUT2D eigenvalue weighted by Gasteiger charge is -2.10. The molecule has 2 rings (SSSR count). The van der Waals surface area contributed by atoms with Gasteiger partial charge in [0.05, 0.1) is 12.7 Å². The normalized spacial score (nSPS) is 10.8. The Morgan fingerprint density at radius 2 is 1.88 bits per heavy atom. The molecular weight excluding hydrogens is 354 g/mol. The Labute approximate surface area is 141 Å². The smallest absolute Gasteiger partial charge is 0.349 e. The van der Waals surface area contributed by atoms with E-state index in [0.29, 0.717) is 0 Å². The van der Waals surface area contributed by atoms with Gasteiger partial charge < -0.3 is 4.74 Å². The minimum Gasteiger partial charge on any atom is -0.465 e. The molecule has 0 aliphatic heterocycles. The van der Waals surface area contributed by atoms with Gasteiger partial charge in [0.2, 0.25) is 5.95 Å². The van der Waals surface area contributed by atoms with E-state index in [4.69, 9.17) is 0 Å². The molecule has 0 atom stereocenters. The summed E-state index contributed by atoms with van der Waals surface area (Å²) in [6.45, 7) is 1.45. The monoisotopic (exact) mass is 367 g/mol. The Morgan fingerprint density at radius 3 is 2.52 bits per heavy atom. The van der Waals surface area contributed by atoms with Crippen molar-refractivity contribution in [1.82, 2.24) is 19.7 Å². The van der Waals surface area contributed by atoms with Crippen LogP contribution in [0.4, 0.5) is 10.7 Å². The van der Waals surface area contributed by atoms with Crippen LogP contribution >= 0.6 is 0 Å². The van der Waals surface area contributed by atoms with E-state index < -0.39 is 32.6 Å². The van der Waals surface area contributed by atoms with Crippen LogP contribution in [0.2, 0.25) is 0 Å². The number of rotatable bonds is 4. The molecule has 0 aliphatic carbocycles. The van der Waals surface area contributed by atoms with Gasteiger partial charge in [0.1, 0.15) is 10.7 Å². The first-order chi connectivity index (χ1) is 11.7. The fraction of sp³-hybridized carbons (Fsp3) is 0.154. The van der Waals surface area contributed by atoms with Crippen LogP contribution in [-0.2, 0) is 14.8 Å². The van der Waals surface area contributed by atoms with Crippen LogP contribution in [0.25, 0.3) is 0 Å². The van der Waals surface area contributed by atoms with Crippen molar-refractivity contribution in [1.29, 1.82) is 0 Å². The number of benzene rings is 1. The Balaban J connectivity index is 2.25. The number of esters is 1. The van der Waals surface area contributed by atoms with Crippen molar-refractivity contribution in [2.45, 2.75) is 11.8 Å². The first-order valence-corrected chi connectivity index (χ1v) is 8.17. The molecule has 0 aliphatic rings. The molecule has 2 amide bonds. The predicted octanol–water partition coefficient (Wildman–Crippen LogP) is -0.230. The Morgan fingerprint density at radius 1 is 1.20 bits per heavy atom. The van der Waals surface area contributed by atoms with Crippen LogP contribution in [0.5, 0.6) is 0 Å². The van der Waals surface area contributed by atoms with Gasteiger partial charge in [0.25, 0.3) is 10.0 Å². The third kappa shape index (κ3) is 4.38. The van der Waals surface area contributed by atoms with E-state index in [0.717, 1.165) is 13.2 Å². The minimum absolute atomic E-state index is 0.175. The van der Waals surface area contributed by atoms with Gasteiger partial charge in [-0.1, -0.05) is 12.1 Å². The van der Waals surface area contributed by atoms with Crippen molar-refractivity contribution in [3.05, 3.63) is 46.1 Å². The van der Waals surface area contributed by atoms with Crippen molar-refractivity contribution < 1.29 is 22.7 Å². The molecule has 0 fully saturated rings. The van der Waals surface area contributed by atoms with E-state index in [1.807, 2.05) is 5.32 Å². The molecule has 132 valence electrons. The lowest BCUT2D eigenvalue weighted by atomic mass is 10.2. The van der Waals surface area contributed by atoms with Crippen LogP contribution in [0.3, 0.4) is 0 Å². The fourth-order valence-electron chi connectivity index (χ4n) is 1.83. The number of hydrogen-bond acceptors (Lipinski definition) is 8. The summed E-state index contributed by atoms with van der Waals surface area (Å²) in [6, 6.07) is 3.99. The van der Waals surface area contributed by atoms with E-state index in [1.54, 1.807) is 4.72 Å². The van der Waals surface area contributed by atoms with E-state index >= 15 is 0 Å². The molecule has 0 radical (unpaired) electrons. The number of urea groups is 1. The van der Waals surface area contributed by atoms with E-state index in [2.05, 4.69) is 19.7 Å². The number of carbonyl (C=O) groups is 2. The number of methoxy groups -OCH3 is 1. The number of sulfonamides is 1. The standard InChI is InChI=1S/C13H13N5O6S/c1-7-14-11(16-12(20)15-7)17-13(21)18-25(22,23)9-6-4-3-5-8(9)10(19)24-2/h3-6H,1-2H3,(H3,14,15,16,17,18,20,21). The van der Waals surface area contributed by atoms with Gasteiger partial charge in [-0.15, -0.1) is 0 Å². The molecule has 12 heteroatoms. The average molecular weight is 367 g/mol. The summed E-state index contributed by atoms with van der Waals surface area (Å²) < 4.78 is 30.8. The highest BCUT2D eigenvalue weighted by Gasteiger charge is 2.24. The second-order valence-corrected chi connectivity index (χ2v) is 6.26. The quantitative estimate of drug-likeness (QED) is 0.625. The summed E-state index contributed by atoms with van der Waals surface area (Å²) in [5, 5.41) is 2.02. The second-order valence-electron chi connectivity index (χ2n) is 4.61. The lowest BCUT2D eigenvalue weighted by molar-refractivity contribution is 0.0596. The number of aromatic nitrogens is 3. The van der Waals surface area contributed by atoms with Gasteiger partial charge in [-0.05, 0) is 19.1 Å². The Kier molecular flexibility index (Phi) is 5.12. The molecule has 0 saturated heterocycles. The first-order valence-electron chi connectivity index (χ1n) is 6.69. The third-order valence-corrected chi connectivity index (χ3v) is 4.19. The largest absolute Gasteiger partial charge is 0.465 e. The maximum absolute atomic E-state index is 12.3. The predicted molar refractivity (Wildman–Crippen MR) is 84.5 cm³/mol. The minimum atomic E-state index is -4.39. The molecule has 1 aromatic heterocycles. The number of hydrogen-bond donors (Lipinski definition) is 3. The number of aromatic amines is 1. The van der Waals surface area contributed by atoms with Gasteiger partial charge in [0.15, 0.2) is 0 Å². The fourth-order valence-corrected chi connectivity index (χ4v) is 2.93. The maximum Gasteiger partial charge on any atom is 0.349 e. The van der Waals surface area contributed by atoms with Crippen LogP contribution in [-0.4, -0.2) is 42.5 Å². The highest BCUT2D eigenvalue weighted by Crippen LogP contribution is 2.16. The van der Waals surface area contributed by atoms with Gasteiger partial charge in [-0.2, -0.15) is 9.97 Å². The number of amides is 2. The Bertz CT molecular complexity index is 984. The average Bonchev–Trinajstić information content (AvgIpc) is 2.52. The van der Waals surface area contributed by atoms with E-state index in [9.17, 15) is 22.8 Å². The van der Waals surface area contributed by atoms with Gasteiger partial charge in [-0.25, -0.2) is 27.5 Å². The number of nitrogens with one attached hydrogen (secondary N) is 3. The number of H-pyrrole nitrogens is 1. The van der Waals surface area contributed by atoms with Crippen molar-refractivity contribution in [3.8, 4) is 0 Å². The molecule has 2 aromatic rings. The number of carbonyl (C=O) groups excluding carboxylic acids is 2. The molecule has 25 heavy (non-hydrogen) atoms. The number of anilines is 1. The van der Waals surface area contributed by atoms with Gasteiger partial charge >= 0.3 is 17.7 Å². The summed E-state index contributed by atoms with van der Waals surface area (Å²) in [4.78, 5) is 43.7. The topological polar surface area (TPSA) is 160 Å². The van der Waals surface area contributed by atoms with Gasteiger partial charge in [0, 0.05) is 0 Å². The number of ether oxygens (including phenoxy) is 1. The summed E-state index contributed by atoms with van der Waals surface area (Å²) >= 11 is 0. The third-order valence-electron chi connectivity index (χ3n) is 2.80. The molecule has 1 heterocycles. The summed E-state index contributed by atoms with van der Waals surface area (Å²) in [6.07, 6.45) is 0. The van der Waals surface area contributed by atoms with E-state index in [-0.39, 0.29) is 17.3 Å². The molecular formula is C13H13N5O6S. The molecule has 0 saturated carbocycles. The van der Waals surface area contributed by atoms with Crippen molar-refractivity contribution in [2.75, 3.05) is 12.4 Å². The SMILES string of the molecule is COC(=O)c1ccccc1S(=O)(=O)NC(=O)Nc1nc(C)[nH]c(=O)n1. The van der Waals surface area contributed by atoms with E-state index in [1.165, 1.54) is 25.1 Å². The number of nitrogens with zero attached hydrogens (tertiary/aromatic N) is 2. The molecule has 0 spiro atoms. The van der Waals surface area contributed by atoms with Crippen LogP contribution in [0, 0.1) is 6.92 Å². The molecule has 0 bridgehead atoms. The van der Waals surface area contributed by atoms with Crippen LogP contribution in [0.1, 0.15) is 16.2 Å². The highest BCUT2D eigenvalue weighted by molar-refractivity contribution is 7.90. The van der Waals surface area contributed by atoms with Crippen molar-refractivity contribution in [3.63, 3.8) is 0 Å². The molecule has 0 unspecified atom stereocenters. The number of aryl methyl sites for hydroxylation is 1. The van der Waals surface area contributed by atoms with Crippen molar-refractivity contribution >= 4 is 28.0 Å². The second kappa shape index (κ2) is 7.09. The zero-order valence-corrected chi connectivity index (χ0v) is 13.9. The van der Waals surface area contributed by atoms with Crippen molar-refractivity contribution in [2.24, 2.45) is 0 Å². The maximum atomic E-state index is 12.3.